The normalized spacial score (nSPS) is 19.2. The molecule has 0 aliphatic heterocycles. The van der Waals surface area contributed by atoms with Gasteiger partial charge in [0.15, 0.2) is 0 Å². The lowest BCUT2D eigenvalue weighted by Crippen LogP contribution is -2.13. The van der Waals surface area contributed by atoms with Gasteiger partial charge in [-0.1, -0.05) is 0 Å². The lowest BCUT2D eigenvalue weighted by atomic mass is 10.3. The van der Waals surface area contributed by atoms with E-state index >= 15 is 0 Å². The number of aromatic nitrogens is 2. The summed E-state index contributed by atoms with van der Waals surface area (Å²) in [4.78, 5) is 0. The van der Waals surface area contributed by atoms with Crippen molar-refractivity contribution in [3.63, 3.8) is 0 Å². The molecule has 1 saturated carbocycles. The van der Waals surface area contributed by atoms with E-state index in [-0.39, 0.29) is 0 Å². The number of rotatable bonds is 3. The van der Waals surface area contributed by atoms with Gasteiger partial charge in [-0.25, -0.2) is 0 Å². The van der Waals surface area contributed by atoms with Crippen molar-refractivity contribution in [2.75, 3.05) is 5.32 Å². The van der Waals surface area contributed by atoms with Gasteiger partial charge in [0.2, 0.25) is 0 Å². The Labute approximate surface area is 71.0 Å². The highest BCUT2D eigenvalue weighted by Crippen LogP contribution is 2.39. The highest BCUT2D eigenvalue weighted by molar-refractivity contribution is 5.37. The largest absolute Gasteiger partial charge is 0.374 e. The predicted molar refractivity (Wildman–Crippen MR) is 45.5 cm³/mol. The van der Waals surface area contributed by atoms with Crippen molar-refractivity contribution in [3.05, 3.63) is 18.7 Å². The zero-order chi connectivity index (χ0) is 8.55. The minimum absolute atomic E-state index is 0.662. The lowest BCUT2D eigenvalue weighted by Gasteiger charge is -2.02. The molecule has 2 rings (SSSR count). The van der Waals surface area contributed by atoms with Gasteiger partial charge in [-0.15, -0.1) is 0 Å². The Balaban J connectivity index is 2.03. The molecule has 1 aliphatic carbocycles. The summed E-state index contributed by atoms with van der Waals surface area (Å²) in [5.74, 6) is 1.33. The zero-order valence-electron chi connectivity index (χ0n) is 6.75. The number of H-pyrrole nitrogens is 1. The van der Waals surface area contributed by atoms with Crippen molar-refractivity contribution in [2.24, 2.45) is 0 Å². The monoisotopic (exact) mass is 166 g/mol. The third-order valence-corrected chi connectivity index (χ3v) is 1.93. The van der Waals surface area contributed by atoms with Crippen LogP contribution in [0.2, 0.25) is 0 Å². The van der Waals surface area contributed by atoms with Gasteiger partial charge in [0.1, 0.15) is 12.0 Å². The number of nitrogens with zero attached hydrogens (tertiary/aromatic N) is 1. The van der Waals surface area contributed by atoms with Crippen molar-refractivity contribution in [1.29, 1.82) is 0 Å². The van der Waals surface area contributed by atoms with Gasteiger partial charge in [0, 0.05) is 17.7 Å². The molecule has 65 valence electrons. The van der Waals surface area contributed by atoms with E-state index in [2.05, 4.69) is 22.4 Å². The van der Waals surface area contributed by atoms with Crippen LogP contribution in [0, 0.1) is 6.92 Å². The summed E-state index contributed by atoms with van der Waals surface area (Å²) < 4.78 is 0. The van der Waals surface area contributed by atoms with Gasteiger partial charge in [-0.05, 0) is 19.8 Å². The first-order chi connectivity index (χ1) is 5.75. The van der Waals surface area contributed by atoms with Crippen LogP contribution in [0.3, 0.4) is 0 Å². The van der Waals surface area contributed by atoms with Crippen LogP contribution >= 0.6 is 0 Å². The molecule has 12 heavy (non-hydrogen) atoms. The van der Waals surface area contributed by atoms with E-state index in [4.69, 9.17) is 5.11 Å². The third-order valence-electron chi connectivity index (χ3n) is 1.93. The summed E-state index contributed by atoms with van der Waals surface area (Å²) in [5, 5.41) is 18.5. The number of nitrogens with one attached hydrogen (secondary N) is 2. The van der Waals surface area contributed by atoms with E-state index < -0.39 is 6.23 Å². The number of hydrogen-bond donors (Lipinski definition) is 3. The number of hydrogen-bond acceptors (Lipinski definition) is 3. The van der Waals surface area contributed by atoms with Gasteiger partial charge in [0.05, 0.1) is 0 Å². The van der Waals surface area contributed by atoms with Crippen LogP contribution in [-0.2, 0) is 0 Å². The highest BCUT2D eigenvalue weighted by Gasteiger charge is 2.25. The second-order valence-electron chi connectivity index (χ2n) is 3.14. The molecule has 1 fully saturated rings. The molecule has 3 N–H and O–H groups in total. The Morgan fingerprint density at radius 1 is 1.75 bits per heavy atom. The molecule has 4 heteroatoms. The molecule has 0 amide bonds. The fourth-order valence-electron chi connectivity index (χ4n) is 1.18. The second kappa shape index (κ2) is 2.79. The molecule has 4 nitrogen and oxygen atoms in total. The molecule has 1 heterocycles. The van der Waals surface area contributed by atoms with Crippen molar-refractivity contribution in [3.8, 4) is 0 Å². The zero-order valence-corrected chi connectivity index (χ0v) is 6.75. The molecule has 1 unspecified atom stereocenters. The first kappa shape index (κ1) is 7.61. The van der Waals surface area contributed by atoms with Crippen molar-refractivity contribution >= 4 is 5.82 Å². The van der Waals surface area contributed by atoms with Crippen LogP contribution in [0.1, 0.15) is 24.5 Å². The van der Waals surface area contributed by atoms with Crippen LogP contribution in [0.25, 0.3) is 0 Å². The molecular formula is C8H12N3O. The second-order valence-corrected chi connectivity index (χ2v) is 3.14. The van der Waals surface area contributed by atoms with Crippen LogP contribution in [0.4, 0.5) is 5.82 Å². The minimum Gasteiger partial charge on any atom is -0.374 e. The first-order valence-electron chi connectivity index (χ1n) is 4.08. The summed E-state index contributed by atoms with van der Waals surface area (Å²) in [5.41, 5.74) is 1.15. The summed E-state index contributed by atoms with van der Waals surface area (Å²) in [6, 6.07) is 1.92. The van der Waals surface area contributed by atoms with Crippen LogP contribution in [0.5, 0.6) is 0 Å². The molecule has 0 bridgehead atoms. The first-order valence-corrected chi connectivity index (χ1v) is 4.08. The Kier molecular flexibility index (Phi) is 1.77. The van der Waals surface area contributed by atoms with Gasteiger partial charge in [-0.3, -0.25) is 5.10 Å². The fraction of sp³-hybridized carbons (Fsp3) is 0.500. The third kappa shape index (κ3) is 1.58. The van der Waals surface area contributed by atoms with Crippen molar-refractivity contribution in [1.82, 2.24) is 10.2 Å². The molecule has 1 aromatic heterocycles. The fourth-order valence-corrected chi connectivity index (χ4v) is 1.18. The number of anilines is 1. The average molecular weight is 166 g/mol. The van der Waals surface area contributed by atoms with Crippen molar-refractivity contribution < 1.29 is 5.11 Å². The van der Waals surface area contributed by atoms with Gasteiger partial charge in [-0.2, -0.15) is 5.10 Å². The molecule has 1 atom stereocenters. The van der Waals surface area contributed by atoms with E-state index in [1.807, 2.05) is 6.07 Å². The van der Waals surface area contributed by atoms with E-state index in [1.165, 1.54) is 12.8 Å². The number of aromatic amines is 1. The number of aliphatic hydroxyl groups is 1. The van der Waals surface area contributed by atoms with E-state index in [0.29, 0.717) is 11.7 Å². The van der Waals surface area contributed by atoms with Crippen LogP contribution in [-0.4, -0.2) is 21.5 Å². The van der Waals surface area contributed by atoms with Crippen LogP contribution in [0.15, 0.2) is 6.07 Å². The van der Waals surface area contributed by atoms with Crippen molar-refractivity contribution in [2.45, 2.75) is 25.0 Å². The Morgan fingerprint density at radius 2 is 2.50 bits per heavy atom. The van der Waals surface area contributed by atoms with Gasteiger partial charge >= 0.3 is 0 Å². The van der Waals surface area contributed by atoms with Gasteiger partial charge in [0.25, 0.3) is 0 Å². The van der Waals surface area contributed by atoms with E-state index in [9.17, 15) is 0 Å². The van der Waals surface area contributed by atoms with Crippen LogP contribution < -0.4 is 5.32 Å². The maximum absolute atomic E-state index is 8.89. The summed E-state index contributed by atoms with van der Waals surface area (Å²) >= 11 is 0. The maximum Gasteiger partial charge on any atom is 0.150 e. The Morgan fingerprint density at radius 3 is 3.08 bits per heavy atom. The Hall–Kier alpha value is -1.03. The minimum atomic E-state index is -0.791. The molecule has 1 aromatic rings. The SMILES string of the molecule is [CH2]C(O)Nc1cc(C2CC2)[nH]n1. The lowest BCUT2D eigenvalue weighted by molar-refractivity contribution is 0.249. The smallest absolute Gasteiger partial charge is 0.150 e. The molecule has 0 aromatic carbocycles. The topological polar surface area (TPSA) is 60.9 Å². The Bertz CT molecular complexity index is 265. The predicted octanol–water partition coefficient (Wildman–Crippen LogP) is 0.851. The quantitative estimate of drug-likeness (QED) is 0.583. The molecular weight excluding hydrogens is 154 g/mol. The molecule has 1 radical (unpaired) electrons. The average Bonchev–Trinajstić information content (AvgIpc) is 2.73. The molecule has 0 saturated heterocycles. The summed E-state index contributed by atoms with van der Waals surface area (Å²) in [6.45, 7) is 3.39. The molecule has 0 spiro atoms. The highest BCUT2D eigenvalue weighted by atomic mass is 16.3. The standard InChI is InChI=1S/C8H12N3O/c1-5(12)9-8-4-7(10-11-8)6-2-3-6/h4-6,12H,1-3H2,(H2,9,10,11). The van der Waals surface area contributed by atoms with Gasteiger partial charge < -0.3 is 10.4 Å². The maximum atomic E-state index is 8.89. The number of aliphatic hydroxyl groups excluding tert-OH is 1. The van der Waals surface area contributed by atoms with E-state index in [0.717, 1.165) is 5.69 Å². The molecule has 1 aliphatic rings. The summed E-state index contributed by atoms with van der Waals surface area (Å²) in [6.07, 6.45) is 1.70. The van der Waals surface area contributed by atoms with E-state index in [1.54, 1.807) is 0 Å². The summed E-state index contributed by atoms with van der Waals surface area (Å²) in [7, 11) is 0.